The first-order chi connectivity index (χ1) is 7.65. The van der Waals surface area contributed by atoms with E-state index in [1.165, 1.54) is 12.1 Å². The molecule has 0 amide bonds. The van der Waals surface area contributed by atoms with Crippen LogP contribution in [0.1, 0.15) is 44.1 Å². The van der Waals surface area contributed by atoms with Crippen LogP contribution in [0.2, 0.25) is 0 Å². The van der Waals surface area contributed by atoms with Crippen molar-refractivity contribution in [1.82, 2.24) is 0 Å². The highest BCUT2D eigenvalue weighted by Gasteiger charge is 2.11. The molecule has 0 saturated heterocycles. The van der Waals surface area contributed by atoms with Crippen LogP contribution in [-0.4, -0.2) is 11.7 Å². The third-order valence-electron chi connectivity index (χ3n) is 2.78. The molecule has 1 unspecified atom stereocenters. The minimum atomic E-state index is -0.390. The minimum absolute atomic E-state index is 0.0226. The van der Waals surface area contributed by atoms with E-state index in [2.05, 4.69) is 0 Å². The van der Waals surface area contributed by atoms with E-state index in [1.807, 2.05) is 6.92 Å². The van der Waals surface area contributed by atoms with E-state index in [0.717, 1.165) is 31.7 Å². The quantitative estimate of drug-likeness (QED) is 0.737. The van der Waals surface area contributed by atoms with E-state index < -0.39 is 5.82 Å². The highest BCUT2D eigenvalue weighted by molar-refractivity contribution is 5.22. The molecule has 0 bridgehead atoms. The molecule has 0 radical (unpaired) electrons. The Balaban J connectivity index is 2.51. The van der Waals surface area contributed by atoms with Gasteiger partial charge in [-0.3, -0.25) is 0 Å². The molecule has 1 aromatic rings. The van der Waals surface area contributed by atoms with E-state index >= 15 is 0 Å². The third-order valence-corrected chi connectivity index (χ3v) is 2.78. The lowest BCUT2D eigenvalue weighted by atomic mass is 9.94. The molecule has 16 heavy (non-hydrogen) atoms. The van der Waals surface area contributed by atoms with Crippen LogP contribution in [0, 0.1) is 11.6 Å². The molecule has 1 nitrogen and oxygen atoms in total. The number of aliphatic hydroxyl groups excluding tert-OH is 1. The molecule has 3 heteroatoms. The van der Waals surface area contributed by atoms with Gasteiger partial charge in [0.1, 0.15) is 11.6 Å². The summed E-state index contributed by atoms with van der Waals surface area (Å²) in [7, 11) is 0. The Labute approximate surface area is 95.1 Å². The Hall–Kier alpha value is -0.960. The number of hydrogen-bond donors (Lipinski definition) is 1. The highest BCUT2D eigenvalue weighted by Crippen LogP contribution is 2.24. The molecule has 0 fully saturated rings. The first-order valence-electron chi connectivity index (χ1n) is 5.71. The van der Waals surface area contributed by atoms with E-state index in [-0.39, 0.29) is 18.3 Å². The summed E-state index contributed by atoms with van der Waals surface area (Å²) in [6, 6.07) is 3.58. The first kappa shape index (κ1) is 13.1. The summed E-state index contributed by atoms with van der Waals surface area (Å²) in [5, 5.41) is 8.62. The Morgan fingerprint density at radius 1 is 1.19 bits per heavy atom. The van der Waals surface area contributed by atoms with Gasteiger partial charge in [-0.2, -0.15) is 0 Å². The molecule has 1 atom stereocenters. The number of unbranched alkanes of at least 4 members (excludes halogenated alkanes) is 2. The molecule has 0 saturated carbocycles. The smallest absolute Gasteiger partial charge is 0.126 e. The van der Waals surface area contributed by atoms with Gasteiger partial charge in [-0.05, 0) is 42.5 Å². The van der Waals surface area contributed by atoms with E-state index in [4.69, 9.17) is 5.11 Å². The monoisotopic (exact) mass is 228 g/mol. The SMILES string of the molecule is CC(CCCCCO)c1cc(F)ccc1F. The Kier molecular flexibility index (Phi) is 5.39. The molecule has 0 spiro atoms. The summed E-state index contributed by atoms with van der Waals surface area (Å²) in [4.78, 5) is 0. The Bertz CT molecular complexity index is 326. The second kappa shape index (κ2) is 6.59. The number of benzene rings is 1. The summed E-state index contributed by atoms with van der Waals surface area (Å²) in [5.74, 6) is -0.705. The number of aliphatic hydroxyl groups is 1. The average molecular weight is 228 g/mol. The van der Waals surface area contributed by atoms with Crippen LogP contribution in [0.5, 0.6) is 0 Å². The fraction of sp³-hybridized carbons (Fsp3) is 0.538. The molecular formula is C13H18F2O. The molecule has 1 rings (SSSR count). The summed E-state index contributed by atoms with van der Waals surface area (Å²) in [6.07, 6.45) is 3.45. The average Bonchev–Trinajstić information content (AvgIpc) is 2.27. The summed E-state index contributed by atoms with van der Waals surface area (Å²) in [5.41, 5.74) is 0.448. The predicted molar refractivity (Wildman–Crippen MR) is 60.3 cm³/mol. The first-order valence-corrected chi connectivity index (χ1v) is 5.71. The van der Waals surface area contributed by atoms with Crippen molar-refractivity contribution in [3.8, 4) is 0 Å². The zero-order valence-corrected chi connectivity index (χ0v) is 9.55. The normalized spacial score (nSPS) is 12.8. The van der Waals surface area contributed by atoms with Gasteiger partial charge in [0, 0.05) is 6.61 Å². The maximum atomic E-state index is 13.4. The predicted octanol–water partition coefficient (Wildman–Crippen LogP) is 3.62. The maximum Gasteiger partial charge on any atom is 0.126 e. The largest absolute Gasteiger partial charge is 0.396 e. The molecule has 0 aliphatic heterocycles. The van der Waals surface area contributed by atoms with Gasteiger partial charge in [-0.15, -0.1) is 0 Å². The molecule has 0 aliphatic rings. The zero-order chi connectivity index (χ0) is 12.0. The van der Waals surface area contributed by atoms with Gasteiger partial charge < -0.3 is 5.11 Å². The van der Waals surface area contributed by atoms with Crippen molar-refractivity contribution >= 4 is 0 Å². The Morgan fingerprint density at radius 3 is 2.62 bits per heavy atom. The molecule has 1 aromatic carbocycles. The van der Waals surface area contributed by atoms with Gasteiger partial charge in [-0.25, -0.2) is 8.78 Å². The molecular weight excluding hydrogens is 210 g/mol. The van der Waals surface area contributed by atoms with Gasteiger partial charge in [-0.1, -0.05) is 19.8 Å². The second-order valence-corrected chi connectivity index (χ2v) is 4.14. The van der Waals surface area contributed by atoms with Gasteiger partial charge in [0.15, 0.2) is 0 Å². The summed E-state index contributed by atoms with van der Waals surface area (Å²) in [6.45, 7) is 2.10. The highest BCUT2D eigenvalue weighted by atomic mass is 19.1. The van der Waals surface area contributed by atoms with Crippen LogP contribution in [0.4, 0.5) is 8.78 Å². The fourth-order valence-electron chi connectivity index (χ4n) is 1.79. The third kappa shape index (κ3) is 3.89. The molecule has 90 valence electrons. The fourth-order valence-corrected chi connectivity index (χ4v) is 1.79. The number of rotatable bonds is 6. The van der Waals surface area contributed by atoms with E-state index in [1.54, 1.807) is 0 Å². The van der Waals surface area contributed by atoms with Crippen LogP contribution in [0.3, 0.4) is 0 Å². The van der Waals surface area contributed by atoms with Crippen LogP contribution in [-0.2, 0) is 0 Å². The lowest BCUT2D eigenvalue weighted by molar-refractivity contribution is 0.282. The van der Waals surface area contributed by atoms with Gasteiger partial charge >= 0.3 is 0 Å². The van der Waals surface area contributed by atoms with Crippen molar-refractivity contribution in [3.05, 3.63) is 35.4 Å². The van der Waals surface area contributed by atoms with Crippen molar-refractivity contribution in [3.63, 3.8) is 0 Å². The van der Waals surface area contributed by atoms with Crippen LogP contribution >= 0.6 is 0 Å². The van der Waals surface area contributed by atoms with Crippen molar-refractivity contribution in [1.29, 1.82) is 0 Å². The van der Waals surface area contributed by atoms with Gasteiger partial charge in [0.05, 0.1) is 0 Å². The number of hydrogen-bond acceptors (Lipinski definition) is 1. The molecule has 0 aliphatic carbocycles. The van der Waals surface area contributed by atoms with Crippen molar-refractivity contribution in [2.24, 2.45) is 0 Å². The number of halogens is 2. The van der Waals surface area contributed by atoms with Crippen LogP contribution in [0.25, 0.3) is 0 Å². The molecule has 0 heterocycles. The topological polar surface area (TPSA) is 20.2 Å². The van der Waals surface area contributed by atoms with E-state index in [9.17, 15) is 8.78 Å². The van der Waals surface area contributed by atoms with Crippen molar-refractivity contribution in [2.75, 3.05) is 6.61 Å². The lowest BCUT2D eigenvalue weighted by Crippen LogP contribution is -1.99. The second-order valence-electron chi connectivity index (χ2n) is 4.14. The van der Waals surface area contributed by atoms with Crippen molar-refractivity contribution in [2.45, 2.75) is 38.5 Å². The van der Waals surface area contributed by atoms with Crippen LogP contribution < -0.4 is 0 Å². The van der Waals surface area contributed by atoms with Gasteiger partial charge in [0.2, 0.25) is 0 Å². The standard InChI is InChI=1S/C13H18F2O/c1-10(5-3-2-4-8-16)12-9-11(14)6-7-13(12)15/h6-7,9-10,16H,2-5,8H2,1H3. The maximum absolute atomic E-state index is 13.4. The summed E-state index contributed by atoms with van der Waals surface area (Å²) >= 11 is 0. The molecule has 0 aromatic heterocycles. The van der Waals surface area contributed by atoms with Gasteiger partial charge in [0.25, 0.3) is 0 Å². The zero-order valence-electron chi connectivity index (χ0n) is 9.55. The van der Waals surface area contributed by atoms with E-state index in [0.29, 0.717) is 5.56 Å². The lowest BCUT2D eigenvalue weighted by Gasteiger charge is -2.12. The van der Waals surface area contributed by atoms with Crippen molar-refractivity contribution < 1.29 is 13.9 Å². The summed E-state index contributed by atoms with van der Waals surface area (Å²) < 4.78 is 26.3. The minimum Gasteiger partial charge on any atom is -0.396 e. The molecule has 1 N–H and O–H groups in total. The Morgan fingerprint density at radius 2 is 1.94 bits per heavy atom. The van der Waals surface area contributed by atoms with Crippen LogP contribution in [0.15, 0.2) is 18.2 Å².